The Morgan fingerprint density at radius 1 is 1.26 bits per heavy atom. The van der Waals surface area contributed by atoms with Crippen molar-refractivity contribution in [1.29, 1.82) is 0 Å². The number of rotatable bonds is 4. The highest BCUT2D eigenvalue weighted by Crippen LogP contribution is 2.22. The van der Waals surface area contributed by atoms with Gasteiger partial charge >= 0.3 is 0 Å². The van der Waals surface area contributed by atoms with E-state index in [2.05, 4.69) is 29.4 Å². The van der Waals surface area contributed by atoms with Gasteiger partial charge in [-0.25, -0.2) is 0 Å². The quantitative estimate of drug-likeness (QED) is 0.914. The molecule has 1 N–H and O–H groups in total. The number of benzene rings is 1. The molecular formula is C16H22N2O. The van der Waals surface area contributed by atoms with Crippen molar-refractivity contribution in [3.05, 3.63) is 36.1 Å². The average molecular weight is 258 g/mol. The van der Waals surface area contributed by atoms with Crippen LogP contribution < -0.4 is 5.32 Å². The molecule has 0 aliphatic carbocycles. The topological polar surface area (TPSA) is 28.4 Å². The Kier molecular flexibility index (Phi) is 3.85. The second-order valence-corrected chi connectivity index (χ2v) is 5.65. The van der Waals surface area contributed by atoms with Gasteiger partial charge in [0.15, 0.2) is 0 Å². The number of nitrogens with zero attached hydrogens (tertiary/aromatic N) is 1. The summed E-state index contributed by atoms with van der Waals surface area (Å²) in [6.07, 6.45) is 4.51. The third-order valence-electron chi connectivity index (χ3n) is 4.03. The number of piperidine rings is 1. The Bertz CT molecular complexity index is 528. The van der Waals surface area contributed by atoms with Gasteiger partial charge in [-0.3, -0.25) is 0 Å². The van der Waals surface area contributed by atoms with Crippen LogP contribution >= 0.6 is 0 Å². The van der Waals surface area contributed by atoms with E-state index in [1.807, 2.05) is 18.4 Å². The Morgan fingerprint density at radius 2 is 2.05 bits per heavy atom. The molecule has 102 valence electrons. The van der Waals surface area contributed by atoms with Gasteiger partial charge in [-0.05, 0) is 45.0 Å². The molecule has 1 aromatic carbocycles. The Balaban J connectivity index is 1.63. The van der Waals surface area contributed by atoms with Crippen molar-refractivity contribution in [2.24, 2.45) is 5.92 Å². The molecule has 1 aliphatic rings. The van der Waals surface area contributed by atoms with E-state index >= 15 is 0 Å². The van der Waals surface area contributed by atoms with Gasteiger partial charge in [0.1, 0.15) is 5.58 Å². The van der Waals surface area contributed by atoms with E-state index in [9.17, 15) is 0 Å². The fourth-order valence-corrected chi connectivity index (χ4v) is 3.02. The molecule has 0 unspecified atom stereocenters. The molecule has 0 amide bonds. The second-order valence-electron chi connectivity index (χ2n) is 5.65. The third-order valence-corrected chi connectivity index (χ3v) is 4.03. The van der Waals surface area contributed by atoms with Crippen molar-refractivity contribution < 1.29 is 4.42 Å². The van der Waals surface area contributed by atoms with E-state index in [0.717, 1.165) is 18.0 Å². The van der Waals surface area contributed by atoms with Gasteiger partial charge in [-0.15, -0.1) is 0 Å². The molecule has 3 heteroatoms. The normalized spacial score (nSPS) is 17.4. The zero-order valence-corrected chi connectivity index (χ0v) is 11.6. The van der Waals surface area contributed by atoms with Crippen LogP contribution in [0.4, 0.5) is 0 Å². The van der Waals surface area contributed by atoms with Gasteiger partial charge in [0, 0.05) is 24.0 Å². The third kappa shape index (κ3) is 2.99. The molecular weight excluding hydrogens is 236 g/mol. The van der Waals surface area contributed by atoms with E-state index in [0.29, 0.717) is 0 Å². The van der Waals surface area contributed by atoms with E-state index in [-0.39, 0.29) is 0 Å². The SMILES string of the molecule is CN(Cc1coc2ccccc12)CC1CCNCC1. The summed E-state index contributed by atoms with van der Waals surface area (Å²) in [5.41, 5.74) is 2.29. The summed E-state index contributed by atoms with van der Waals surface area (Å²) in [5, 5.41) is 4.67. The lowest BCUT2D eigenvalue weighted by Gasteiger charge is -2.27. The summed E-state index contributed by atoms with van der Waals surface area (Å²) in [6, 6.07) is 8.28. The summed E-state index contributed by atoms with van der Waals surface area (Å²) in [4.78, 5) is 2.42. The standard InChI is InChI=1S/C16H22N2O/c1-18(10-13-6-8-17-9-7-13)11-14-12-19-16-5-3-2-4-15(14)16/h2-5,12-13,17H,6-11H2,1H3. The summed E-state index contributed by atoms with van der Waals surface area (Å²) in [7, 11) is 2.21. The van der Waals surface area contributed by atoms with Crippen LogP contribution in [0, 0.1) is 5.92 Å². The van der Waals surface area contributed by atoms with Crippen LogP contribution in [0.1, 0.15) is 18.4 Å². The van der Waals surface area contributed by atoms with Gasteiger partial charge in [0.05, 0.1) is 6.26 Å². The molecule has 2 heterocycles. The zero-order chi connectivity index (χ0) is 13.1. The number of hydrogen-bond donors (Lipinski definition) is 1. The van der Waals surface area contributed by atoms with Crippen molar-refractivity contribution in [2.75, 3.05) is 26.7 Å². The summed E-state index contributed by atoms with van der Waals surface area (Å²) >= 11 is 0. The molecule has 0 radical (unpaired) electrons. The van der Waals surface area contributed by atoms with Crippen LogP contribution in [0.15, 0.2) is 34.9 Å². The Hall–Kier alpha value is -1.32. The van der Waals surface area contributed by atoms with Crippen molar-refractivity contribution in [2.45, 2.75) is 19.4 Å². The van der Waals surface area contributed by atoms with E-state index in [1.54, 1.807) is 0 Å². The molecule has 1 aromatic heterocycles. The molecule has 0 atom stereocenters. The summed E-state index contributed by atoms with van der Waals surface area (Å²) in [6.45, 7) is 4.50. The fourth-order valence-electron chi connectivity index (χ4n) is 3.02. The Morgan fingerprint density at radius 3 is 2.89 bits per heavy atom. The molecule has 1 fully saturated rings. The highest BCUT2D eigenvalue weighted by molar-refractivity contribution is 5.80. The molecule has 3 nitrogen and oxygen atoms in total. The van der Waals surface area contributed by atoms with Crippen molar-refractivity contribution in [1.82, 2.24) is 10.2 Å². The number of furan rings is 1. The molecule has 1 saturated heterocycles. The second kappa shape index (κ2) is 5.76. The first kappa shape index (κ1) is 12.7. The maximum absolute atomic E-state index is 5.60. The van der Waals surface area contributed by atoms with Gasteiger partial charge in [-0.1, -0.05) is 18.2 Å². The minimum absolute atomic E-state index is 0.837. The Labute approximate surface area is 114 Å². The number of nitrogens with one attached hydrogen (secondary N) is 1. The van der Waals surface area contributed by atoms with E-state index in [1.165, 1.54) is 43.4 Å². The van der Waals surface area contributed by atoms with Crippen molar-refractivity contribution in [3.8, 4) is 0 Å². The smallest absolute Gasteiger partial charge is 0.134 e. The molecule has 0 bridgehead atoms. The maximum Gasteiger partial charge on any atom is 0.134 e. The van der Waals surface area contributed by atoms with Crippen LogP contribution in [0.2, 0.25) is 0 Å². The first-order valence-electron chi connectivity index (χ1n) is 7.17. The van der Waals surface area contributed by atoms with E-state index in [4.69, 9.17) is 4.42 Å². The highest BCUT2D eigenvalue weighted by Gasteiger charge is 2.16. The van der Waals surface area contributed by atoms with Gasteiger partial charge in [-0.2, -0.15) is 0 Å². The minimum atomic E-state index is 0.837. The molecule has 19 heavy (non-hydrogen) atoms. The van der Waals surface area contributed by atoms with Gasteiger partial charge in [0.2, 0.25) is 0 Å². The predicted octanol–water partition coefficient (Wildman–Crippen LogP) is 2.86. The maximum atomic E-state index is 5.60. The fraction of sp³-hybridized carbons (Fsp3) is 0.500. The first-order chi connectivity index (χ1) is 9.33. The molecule has 3 rings (SSSR count). The van der Waals surface area contributed by atoms with Crippen LogP contribution in [0.25, 0.3) is 11.0 Å². The lowest BCUT2D eigenvalue weighted by Crippen LogP contribution is -2.34. The van der Waals surface area contributed by atoms with Crippen LogP contribution in [0.5, 0.6) is 0 Å². The molecule has 0 saturated carbocycles. The van der Waals surface area contributed by atoms with Crippen molar-refractivity contribution in [3.63, 3.8) is 0 Å². The summed E-state index contributed by atoms with van der Waals surface area (Å²) < 4.78 is 5.60. The molecule has 2 aromatic rings. The van der Waals surface area contributed by atoms with Crippen LogP contribution in [0.3, 0.4) is 0 Å². The number of fused-ring (bicyclic) bond motifs is 1. The summed E-state index contributed by atoms with van der Waals surface area (Å²) in [5.74, 6) is 0.837. The van der Waals surface area contributed by atoms with E-state index < -0.39 is 0 Å². The lowest BCUT2D eigenvalue weighted by molar-refractivity contribution is 0.234. The molecule has 1 aliphatic heterocycles. The van der Waals surface area contributed by atoms with Crippen LogP contribution in [-0.4, -0.2) is 31.6 Å². The molecule has 0 spiro atoms. The van der Waals surface area contributed by atoms with Gasteiger partial charge in [0.25, 0.3) is 0 Å². The number of para-hydroxylation sites is 1. The number of hydrogen-bond acceptors (Lipinski definition) is 3. The van der Waals surface area contributed by atoms with Gasteiger partial charge < -0.3 is 14.6 Å². The highest BCUT2D eigenvalue weighted by atomic mass is 16.3. The van der Waals surface area contributed by atoms with Crippen LogP contribution in [-0.2, 0) is 6.54 Å². The lowest BCUT2D eigenvalue weighted by atomic mass is 9.97. The average Bonchev–Trinajstić information content (AvgIpc) is 2.83. The monoisotopic (exact) mass is 258 g/mol. The predicted molar refractivity (Wildman–Crippen MR) is 78.1 cm³/mol. The first-order valence-corrected chi connectivity index (χ1v) is 7.17. The van der Waals surface area contributed by atoms with Crippen molar-refractivity contribution >= 4 is 11.0 Å². The largest absolute Gasteiger partial charge is 0.464 e. The zero-order valence-electron chi connectivity index (χ0n) is 11.6. The minimum Gasteiger partial charge on any atom is -0.464 e.